The molecule has 0 radical (unpaired) electrons. The van der Waals surface area contributed by atoms with Crippen LogP contribution in [0.4, 0.5) is 14.3 Å². The lowest BCUT2D eigenvalue weighted by molar-refractivity contribution is -0.0155. The number of aliphatic hydroxyl groups is 3. The Labute approximate surface area is 198 Å². The van der Waals surface area contributed by atoms with Crippen LogP contribution in [0.25, 0.3) is 10.2 Å². The number of pyridine rings is 1. The quantitative estimate of drug-likeness (QED) is 0.431. The van der Waals surface area contributed by atoms with Gasteiger partial charge in [-0.15, -0.1) is 0 Å². The summed E-state index contributed by atoms with van der Waals surface area (Å²) in [6.07, 6.45) is -1.53. The maximum Gasteiger partial charge on any atom is 0.323 e. The molecule has 0 spiro atoms. The molecule has 0 saturated carbocycles. The van der Waals surface area contributed by atoms with Crippen molar-refractivity contribution in [1.82, 2.24) is 14.9 Å². The first-order chi connectivity index (χ1) is 15.7. The number of fused-ring (bicyclic) bond motifs is 1. The normalized spacial score (nSPS) is 17.7. The van der Waals surface area contributed by atoms with Crippen molar-refractivity contribution in [3.8, 4) is 0 Å². The standard InChI is InChI=1S/C22H24ClFN4O4S/c1-12-2-3-15-17(8-12)33-20(26-15)27-21(32)28-6-4-22(24,5-7-28)19-14(23)9-13(10-25-19)18(31)16(30)11-29/h2-3,8-10,16,18,29-31H,4-7,11H2,1H3,(H,26,27,32)/t16-,18+/m1/s1. The van der Waals surface area contributed by atoms with Gasteiger partial charge in [0.2, 0.25) is 0 Å². The van der Waals surface area contributed by atoms with Gasteiger partial charge < -0.3 is 20.2 Å². The Kier molecular flexibility index (Phi) is 6.83. The van der Waals surface area contributed by atoms with Gasteiger partial charge in [0, 0.05) is 37.7 Å². The molecule has 2 atom stereocenters. The number of benzene rings is 1. The van der Waals surface area contributed by atoms with Crippen LogP contribution in [0.3, 0.4) is 0 Å². The van der Waals surface area contributed by atoms with E-state index in [9.17, 15) is 15.0 Å². The average Bonchev–Trinajstić information content (AvgIpc) is 3.19. The Bertz CT molecular complexity index is 1170. The van der Waals surface area contributed by atoms with Gasteiger partial charge in [0.15, 0.2) is 10.8 Å². The van der Waals surface area contributed by atoms with Gasteiger partial charge in [-0.2, -0.15) is 0 Å². The number of halogens is 2. The first kappa shape index (κ1) is 23.8. The smallest absolute Gasteiger partial charge is 0.323 e. The molecule has 2 aromatic heterocycles. The third-order valence-corrected chi connectivity index (χ3v) is 7.00. The number of rotatable bonds is 5. The first-order valence-corrected chi connectivity index (χ1v) is 11.6. The summed E-state index contributed by atoms with van der Waals surface area (Å²) in [5.41, 5.74) is 0.291. The summed E-state index contributed by atoms with van der Waals surface area (Å²) in [5.74, 6) is 0. The Hall–Kier alpha value is -2.37. The second-order valence-electron chi connectivity index (χ2n) is 8.17. The van der Waals surface area contributed by atoms with Crippen molar-refractivity contribution in [3.05, 3.63) is 52.3 Å². The lowest BCUT2D eigenvalue weighted by Crippen LogP contribution is -2.45. The van der Waals surface area contributed by atoms with E-state index in [2.05, 4.69) is 15.3 Å². The highest BCUT2D eigenvalue weighted by molar-refractivity contribution is 7.22. The number of carbonyl (C=O) groups is 1. The van der Waals surface area contributed by atoms with Crippen molar-refractivity contribution >= 4 is 44.3 Å². The zero-order chi connectivity index (χ0) is 23.8. The summed E-state index contributed by atoms with van der Waals surface area (Å²) in [4.78, 5) is 22.7. The predicted molar refractivity (Wildman–Crippen MR) is 124 cm³/mol. The highest BCUT2D eigenvalue weighted by Gasteiger charge is 2.40. The Balaban J connectivity index is 1.41. The van der Waals surface area contributed by atoms with Gasteiger partial charge in [0.25, 0.3) is 0 Å². The number of likely N-dealkylation sites (tertiary alicyclic amines) is 1. The molecule has 0 aliphatic carbocycles. The zero-order valence-electron chi connectivity index (χ0n) is 17.8. The number of amides is 2. The topological polar surface area (TPSA) is 119 Å². The molecular weight excluding hydrogens is 471 g/mol. The predicted octanol–water partition coefficient (Wildman–Crippen LogP) is 3.53. The molecule has 1 fully saturated rings. The number of urea groups is 1. The third-order valence-electron chi connectivity index (χ3n) is 5.78. The molecule has 11 heteroatoms. The molecule has 3 aromatic rings. The van der Waals surface area contributed by atoms with E-state index in [4.69, 9.17) is 16.7 Å². The maximum absolute atomic E-state index is 15.7. The molecule has 3 heterocycles. The molecule has 33 heavy (non-hydrogen) atoms. The highest BCUT2D eigenvalue weighted by Crippen LogP contribution is 2.40. The second-order valence-corrected chi connectivity index (χ2v) is 9.60. The monoisotopic (exact) mass is 494 g/mol. The molecule has 0 unspecified atom stereocenters. The Morgan fingerprint density at radius 3 is 2.73 bits per heavy atom. The summed E-state index contributed by atoms with van der Waals surface area (Å²) in [5, 5.41) is 31.9. The van der Waals surface area contributed by atoms with Crippen LogP contribution >= 0.6 is 22.9 Å². The van der Waals surface area contributed by atoms with Crippen LogP contribution in [-0.4, -0.2) is 62.0 Å². The van der Waals surface area contributed by atoms with E-state index >= 15 is 4.39 Å². The molecule has 8 nitrogen and oxygen atoms in total. The minimum absolute atomic E-state index is 0.00729. The number of aromatic nitrogens is 2. The lowest BCUT2D eigenvalue weighted by Gasteiger charge is -2.36. The van der Waals surface area contributed by atoms with Gasteiger partial charge in [-0.05, 0) is 30.7 Å². The van der Waals surface area contributed by atoms with Gasteiger partial charge >= 0.3 is 6.03 Å². The largest absolute Gasteiger partial charge is 0.394 e. The fraction of sp³-hybridized carbons (Fsp3) is 0.409. The number of alkyl halides is 1. The number of piperidine rings is 1. The summed E-state index contributed by atoms with van der Waals surface area (Å²) >= 11 is 7.63. The fourth-order valence-corrected chi connectivity index (χ4v) is 5.12. The van der Waals surface area contributed by atoms with E-state index in [1.807, 2.05) is 25.1 Å². The van der Waals surface area contributed by atoms with Crippen LogP contribution < -0.4 is 5.32 Å². The van der Waals surface area contributed by atoms with Crippen LogP contribution in [0.2, 0.25) is 5.02 Å². The molecule has 1 aromatic carbocycles. The minimum Gasteiger partial charge on any atom is -0.394 e. The van der Waals surface area contributed by atoms with Crippen molar-refractivity contribution in [3.63, 3.8) is 0 Å². The van der Waals surface area contributed by atoms with Crippen LogP contribution in [0.1, 0.15) is 35.8 Å². The number of thiazole rings is 1. The Morgan fingerprint density at radius 1 is 1.33 bits per heavy atom. The SMILES string of the molecule is Cc1ccc2nc(NC(=O)N3CCC(F)(c4ncc([C@H](O)[C@H](O)CO)cc4Cl)CC3)sc2c1. The number of nitrogens with one attached hydrogen (secondary N) is 1. The van der Waals surface area contributed by atoms with Crippen LogP contribution in [0.5, 0.6) is 0 Å². The second kappa shape index (κ2) is 9.47. The molecule has 4 rings (SSSR count). The van der Waals surface area contributed by atoms with E-state index in [-0.39, 0.29) is 48.2 Å². The summed E-state index contributed by atoms with van der Waals surface area (Å²) < 4.78 is 16.7. The van der Waals surface area contributed by atoms with Gasteiger partial charge in [-0.3, -0.25) is 10.3 Å². The summed E-state index contributed by atoms with van der Waals surface area (Å²) in [6, 6.07) is 6.86. The highest BCUT2D eigenvalue weighted by atomic mass is 35.5. The molecule has 0 bridgehead atoms. The van der Waals surface area contributed by atoms with Gasteiger partial charge in [-0.1, -0.05) is 29.0 Å². The number of carbonyl (C=O) groups excluding carboxylic acids is 1. The van der Waals surface area contributed by atoms with E-state index in [1.54, 1.807) is 0 Å². The molecular formula is C22H24ClFN4O4S. The minimum atomic E-state index is -1.83. The summed E-state index contributed by atoms with van der Waals surface area (Å²) in [7, 11) is 0. The van der Waals surface area contributed by atoms with Crippen molar-refractivity contribution in [2.45, 2.75) is 37.6 Å². The Morgan fingerprint density at radius 2 is 2.06 bits per heavy atom. The van der Waals surface area contributed by atoms with E-state index in [0.29, 0.717) is 5.13 Å². The number of hydrogen-bond acceptors (Lipinski definition) is 7. The number of aliphatic hydroxyl groups excluding tert-OH is 3. The van der Waals surface area contributed by atoms with Crippen LogP contribution in [0, 0.1) is 6.92 Å². The van der Waals surface area contributed by atoms with E-state index in [0.717, 1.165) is 15.8 Å². The molecule has 2 amide bonds. The molecule has 4 N–H and O–H groups in total. The van der Waals surface area contributed by atoms with Gasteiger partial charge in [0.05, 0.1) is 27.5 Å². The van der Waals surface area contributed by atoms with E-state index in [1.165, 1.54) is 28.5 Å². The van der Waals surface area contributed by atoms with Crippen molar-refractivity contribution in [1.29, 1.82) is 0 Å². The number of aryl methyl sites for hydroxylation is 1. The molecule has 176 valence electrons. The maximum atomic E-state index is 15.7. The van der Waals surface area contributed by atoms with Crippen LogP contribution in [-0.2, 0) is 5.67 Å². The van der Waals surface area contributed by atoms with Crippen LogP contribution in [0.15, 0.2) is 30.5 Å². The fourth-order valence-electron chi connectivity index (χ4n) is 3.82. The van der Waals surface area contributed by atoms with Crippen molar-refractivity contribution < 1.29 is 24.5 Å². The number of hydrogen-bond donors (Lipinski definition) is 4. The summed E-state index contributed by atoms with van der Waals surface area (Å²) in [6.45, 7) is 1.68. The first-order valence-electron chi connectivity index (χ1n) is 10.4. The van der Waals surface area contributed by atoms with Gasteiger partial charge in [0.1, 0.15) is 12.2 Å². The van der Waals surface area contributed by atoms with Crippen molar-refractivity contribution in [2.24, 2.45) is 0 Å². The lowest BCUT2D eigenvalue weighted by atomic mass is 9.89. The average molecular weight is 495 g/mol. The third kappa shape index (κ3) is 4.95. The van der Waals surface area contributed by atoms with Crippen molar-refractivity contribution in [2.75, 3.05) is 25.0 Å². The molecule has 1 aliphatic rings. The molecule has 1 saturated heterocycles. The molecule has 1 aliphatic heterocycles. The number of anilines is 1. The van der Waals surface area contributed by atoms with E-state index < -0.39 is 24.5 Å². The van der Waals surface area contributed by atoms with Gasteiger partial charge in [-0.25, -0.2) is 14.2 Å². The number of nitrogens with zero attached hydrogens (tertiary/aromatic N) is 3. The zero-order valence-corrected chi connectivity index (χ0v) is 19.4.